The largest absolute Gasteiger partial charge is 0.411 e. The maximum atomic E-state index is 9.13. The normalized spacial score (nSPS) is 15.1. The maximum absolute atomic E-state index is 9.13. The predicted octanol–water partition coefficient (Wildman–Crippen LogP) is 3.57. The van der Waals surface area contributed by atoms with Gasteiger partial charge in [-0.3, -0.25) is 0 Å². The second-order valence-electron chi connectivity index (χ2n) is 4.75. The second-order valence-corrected chi connectivity index (χ2v) is 4.75. The molecule has 0 unspecified atom stereocenters. The van der Waals surface area contributed by atoms with Gasteiger partial charge in [0.05, 0.1) is 11.6 Å². The molecular weight excluding hydrogens is 222 g/mol. The Hall–Kier alpha value is -2.09. The fourth-order valence-corrected chi connectivity index (χ4v) is 2.83. The van der Waals surface area contributed by atoms with Crippen molar-refractivity contribution in [2.75, 3.05) is 0 Å². The quantitative estimate of drug-likeness (QED) is 0.459. The molecule has 0 amide bonds. The molecular formula is C16H15NO. The van der Waals surface area contributed by atoms with Gasteiger partial charge in [-0.2, -0.15) is 0 Å². The summed E-state index contributed by atoms with van der Waals surface area (Å²) in [6.07, 6.45) is 0.960. The Morgan fingerprint density at radius 3 is 2.00 bits per heavy atom. The topological polar surface area (TPSA) is 32.6 Å². The minimum Gasteiger partial charge on any atom is -0.411 e. The molecule has 1 aliphatic rings. The van der Waals surface area contributed by atoms with Crippen LogP contribution in [0.2, 0.25) is 0 Å². The first kappa shape index (κ1) is 11.0. The van der Waals surface area contributed by atoms with Gasteiger partial charge in [0, 0.05) is 0 Å². The molecule has 2 aromatic rings. The fraction of sp³-hybridized carbons (Fsp3) is 0.188. The zero-order valence-electron chi connectivity index (χ0n) is 10.3. The van der Waals surface area contributed by atoms with Crippen molar-refractivity contribution >= 4 is 5.71 Å². The number of nitrogens with zero attached hydrogens (tertiary/aromatic N) is 1. The van der Waals surface area contributed by atoms with E-state index in [0.29, 0.717) is 0 Å². The second kappa shape index (κ2) is 4.30. The molecule has 0 spiro atoms. The van der Waals surface area contributed by atoms with Gasteiger partial charge in [-0.25, -0.2) is 0 Å². The minimum absolute atomic E-state index is 0.0798. The first-order valence-electron chi connectivity index (χ1n) is 6.15. The number of benzene rings is 2. The molecule has 2 aromatic carbocycles. The van der Waals surface area contributed by atoms with Crippen LogP contribution in [0.4, 0.5) is 0 Å². The third kappa shape index (κ3) is 1.61. The SMILES string of the molecule is C/C(=N\O)C1c2ccccc2Cc2ccccc21. The molecule has 1 N–H and O–H groups in total. The van der Waals surface area contributed by atoms with E-state index in [-0.39, 0.29) is 5.92 Å². The van der Waals surface area contributed by atoms with Gasteiger partial charge < -0.3 is 5.21 Å². The lowest BCUT2D eigenvalue weighted by Gasteiger charge is -2.27. The lowest BCUT2D eigenvalue weighted by atomic mass is 9.76. The number of fused-ring (bicyclic) bond motifs is 2. The Balaban J connectivity index is 2.24. The number of hydrogen-bond donors (Lipinski definition) is 1. The van der Waals surface area contributed by atoms with Crippen LogP contribution in [0.1, 0.15) is 35.1 Å². The molecule has 0 aliphatic heterocycles. The monoisotopic (exact) mass is 237 g/mol. The minimum atomic E-state index is 0.0798. The Bertz CT molecular complexity index is 570. The van der Waals surface area contributed by atoms with Crippen molar-refractivity contribution in [3.05, 3.63) is 70.8 Å². The standard InChI is InChI=1S/C16H15NO/c1-11(17-18)16-14-8-4-2-6-12(14)10-13-7-3-5-9-15(13)16/h2-9,16,18H,10H2,1H3/b17-11+. The van der Waals surface area contributed by atoms with Crippen molar-refractivity contribution in [2.24, 2.45) is 5.16 Å². The van der Waals surface area contributed by atoms with Crippen molar-refractivity contribution in [2.45, 2.75) is 19.3 Å². The van der Waals surface area contributed by atoms with Crippen molar-refractivity contribution < 1.29 is 5.21 Å². The van der Waals surface area contributed by atoms with Gasteiger partial charge in [0.25, 0.3) is 0 Å². The Kier molecular flexibility index (Phi) is 2.63. The average molecular weight is 237 g/mol. The summed E-state index contributed by atoms with van der Waals surface area (Å²) >= 11 is 0. The highest BCUT2D eigenvalue weighted by atomic mass is 16.4. The van der Waals surface area contributed by atoms with Gasteiger partial charge in [-0.1, -0.05) is 53.7 Å². The van der Waals surface area contributed by atoms with Crippen LogP contribution in [0.3, 0.4) is 0 Å². The van der Waals surface area contributed by atoms with E-state index in [4.69, 9.17) is 5.21 Å². The third-order valence-electron chi connectivity index (χ3n) is 3.69. The molecule has 0 saturated carbocycles. The summed E-state index contributed by atoms with van der Waals surface area (Å²) in [7, 11) is 0. The average Bonchev–Trinajstić information content (AvgIpc) is 2.44. The van der Waals surface area contributed by atoms with E-state index in [2.05, 4.69) is 41.6 Å². The van der Waals surface area contributed by atoms with Gasteiger partial charge in [0.1, 0.15) is 0 Å². The summed E-state index contributed by atoms with van der Waals surface area (Å²) in [6, 6.07) is 16.8. The Labute approximate surface area is 107 Å². The van der Waals surface area contributed by atoms with Crippen LogP contribution in [-0.4, -0.2) is 10.9 Å². The number of oxime groups is 1. The fourth-order valence-electron chi connectivity index (χ4n) is 2.83. The zero-order valence-corrected chi connectivity index (χ0v) is 10.3. The molecule has 0 aromatic heterocycles. The summed E-state index contributed by atoms with van der Waals surface area (Å²) in [6.45, 7) is 1.88. The van der Waals surface area contributed by atoms with E-state index in [0.717, 1.165) is 12.1 Å². The predicted molar refractivity (Wildman–Crippen MR) is 72.4 cm³/mol. The van der Waals surface area contributed by atoms with Gasteiger partial charge >= 0.3 is 0 Å². The summed E-state index contributed by atoms with van der Waals surface area (Å²) in [5, 5.41) is 12.6. The molecule has 90 valence electrons. The molecule has 0 heterocycles. The van der Waals surface area contributed by atoms with Crippen molar-refractivity contribution in [1.82, 2.24) is 0 Å². The van der Waals surface area contributed by atoms with Crippen LogP contribution in [-0.2, 0) is 6.42 Å². The summed E-state index contributed by atoms with van der Waals surface area (Å²) in [4.78, 5) is 0. The summed E-state index contributed by atoms with van der Waals surface area (Å²) in [5.74, 6) is 0.0798. The molecule has 2 heteroatoms. The van der Waals surface area contributed by atoms with Gasteiger partial charge in [-0.05, 0) is 35.6 Å². The van der Waals surface area contributed by atoms with Crippen LogP contribution in [0.25, 0.3) is 0 Å². The van der Waals surface area contributed by atoms with Gasteiger partial charge in [-0.15, -0.1) is 0 Å². The summed E-state index contributed by atoms with van der Waals surface area (Å²) < 4.78 is 0. The molecule has 1 aliphatic carbocycles. The van der Waals surface area contributed by atoms with E-state index in [1.54, 1.807) is 0 Å². The highest BCUT2D eigenvalue weighted by molar-refractivity contribution is 5.92. The van der Waals surface area contributed by atoms with Crippen LogP contribution in [0.15, 0.2) is 53.7 Å². The summed E-state index contributed by atoms with van der Waals surface area (Å²) in [5.41, 5.74) is 5.90. The van der Waals surface area contributed by atoms with Crippen LogP contribution >= 0.6 is 0 Å². The van der Waals surface area contributed by atoms with Gasteiger partial charge in [0.2, 0.25) is 0 Å². The maximum Gasteiger partial charge on any atom is 0.0658 e. The van der Waals surface area contributed by atoms with Crippen molar-refractivity contribution in [1.29, 1.82) is 0 Å². The highest BCUT2D eigenvalue weighted by Gasteiger charge is 2.27. The van der Waals surface area contributed by atoms with Crippen molar-refractivity contribution in [3.8, 4) is 0 Å². The lowest BCUT2D eigenvalue weighted by Crippen LogP contribution is -2.19. The molecule has 0 saturated heterocycles. The smallest absolute Gasteiger partial charge is 0.0658 e. The van der Waals surface area contributed by atoms with E-state index in [9.17, 15) is 0 Å². The third-order valence-corrected chi connectivity index (χ3v) is 3.69. The number of rotatable bonds is 1. The first-order chi connectivity index (χ1) is 8.81. The highest BCUT2D eigenvalue weighted by Crippen LogP contribution is 2.37. The van der Waals surface area contributed by atoms with Crippen LogP contribution in [0, 0.1) is 0 Å². The van der Waals surface area contributed by atoms with E-state index < -0.39 is 0 Å². The van der Waals surface area contributed by atoms with Crippen LogP contribution < -0.4 is 0 Å². The van der Waals surface area contributed by atoms with Crippen LogP contribution in [0.5, 0.6) is 0 Å². The molecule has 18 heavy (non-hydrogen) atoms. The molecule has 2 nitrogen and oxygen atoms in total. The molecule has 3 rings (SSSR count). The molecule has 0 radical (unpaired) electrons. The van der Waals surface area contributed by atoms with E-state index in [1.807, 2.05) is 19.1 Å². The zero-order chi connectivity index (χ0) is 12.5. The molecule has 0 fully saturated rings. The lowest BCUT2D eigenvalue weighted by molar-refractivity contribution is 0.317. The molecule has 0 bridgehead atoms. The Morgan fingerprint density at radius 1 is 1.00 bits per heavy atom. The van der Waals surface area contributed by atoms with Crippen molar-refractivity contribution in [3.63, 3.8) is 0 Å². The Morgan fingerprint density at radius 2 is 1.50 bits per heavy atom. The van der Waals surface area contributed by atoms with Gasteiger partial charge in [0.15, 0.2) is 0 Å². The first-order valence-corrected chi connectivity index (χ1v) is 6.15. The number of hydrogen-bond acceptors (Lipinski definition) is 2. The molecule has 0 atom stereocenters. The van der Waals surface area contributed by atoms with E-state index in [1.165, 1.54) is 22.3 Å². The van der Waals surface area contributed by atoms with E-state index >= 15 is 0 Å².